The Labute approximate surface area is 84.8 Å². The summed E-state index contributed by atoms with van der Waals surface area (Å²) in [4.78, 5) is -0.731. The number of phenolic OH excluding ortho intramolecular Hbond substituents is 1. The van der Waals surface area contributed by atoms with Crippen LogP contribution < -0.4 is 0 Å². The highest BCUT2D eigenvalue weighted by molar-refractivity contribution is 7.86. The van der Waals surface area contributed by atoms with Crippen molar-refractivity contribution >= 4 is 22.4 Å². The molecule has 1 aromatic carbocycles. The van der Waals surface area contributed by atoms with E-state index in [1.165, 1.54) is 6.07 Å². The Bertz CT molecular complexity index is 378. The van der Waals surface area contributed by atoms with Crippen LogP contribution in [0.5, 0.6) is 5.75 Å². The minimum atomic E-state index is -4.90. The van der Waals surface area contributed by atoms with Crippen LogP contribution in [-0.4, -0.2) is 14.8 Å². The number of alkyl halides is 3. The third kappa shape index (κ3) is 2.39. The van der Waals surface area contributed by atoms with E-state index in [4.69, 9.17) is 16.7 Å². The zero-order valence-electron chi connectivity index (χ0n) is 6.51. The van der Waals surface area contributed by atoms with E-state index in [9.17, 15) is 17.4 Å². The van der Waals surface area contributed by atoms with Gasteiger partial charge >= 0.3 is 5.51 Å². The first-order valence-corrected chi connectivity index (χ1v) is 4.82. The minimum absolute atomic E-state index is 0.0181. The zero-order chi connectivity index (χ0) is 10.9. The summed E-state index contributed by atoms with van der Waals surface area (Å²) in [6, 6.07) is 2.98. The second kappa shape index (κ2) is 3.78. The molecule has 1 aromatic rings. The summed E-state index contributed by atoms with van der Waals surface area (Å²) >= 11 is 5.40. The van der Waals surface area contributed by atoms with E-state index in [-0.39, 0.29) is 5.02 Å². The number of halogens is 4. The van der Waals surface area contributed by atoms with Gasteiger partial charge in [0.1, 0.15) is 5.75 Å². The molecule has 0 saturated carbocycles. The van der Waals surface area contributed by atoms with Gasteiger partial charge in [-0.05, 0) is 18.2 Å². The number of hydrogen-bond acceptors (Lipinski definition) is 2. The highest BCUT2D eigenvalue weighted by atomic mass is 35.5. The molecule has 0 heterocycles. The van der Waals surface area contributed by atoms with Crippen LogP contribution in [0.4, 0.5) is 13.2 Å². The molecule has 1 rings (SSSR count). The number of rotatable bonds is 1. The van der Waals surface area contributed by atoms with Crippen LogP contribution in [0.2, 0.25) is 5.02 Å². The van der Waals surface area contributed by atoms with Crippen LogP contribution in [0.25, 0.3) is 0 Å². The molecule has 1 N–H and O–H groups in total. The summed E-state index contributed by atoms with van der Waals surface area (Å²) in [7, 11) is -3.26. The maximum absolute atomic E-state index is 12.0. The van der Waals surface area contributed by atoms with Gasteiger partial charge in [0.05, 0.1) is 4.90 Å². The number of benzene rings is 1. The van der Waals surface area contributed by atoms with Gasteiger partial charge in [0, 0.05) is 5.02 Å². The lowest BCUT2D eigenvalue weighted by molar-refractivity contribution is -0.0385. The molecule has 0 spiro atoms. The Morgan fingerprint density at radius 2 is 1.93 bits per heavy atom. The van der Waals surface area contributed by atoms with Crippen molar-refractivity contribution in [2.45, 2.75) is 10.4 Å². The molecule has 1 atom stereocenters. The van der Waals surface area contributed by atoms with E-state index in [0.717, 1.165) is 12.1 Å². The van der Waals surface area contributed by atoms with Gasteiger partial charge in [-0.15, -0.1) is 0 Å². The Morgan fingerprint density at radius 3 is 2.43 bits per heavy atom. The monoisotopic (exact) mass is 244 g/mol. The Balaban J connectivity index is 3.19. The van der Waals surface area contributed by atoms with E-state index in [1.807, 2.05) is 0 Å². The van der Waals surface area contributed by atoms with E-state index >= 15 is 0 Å². The fraction of sp³-hybridized carbons (Fsp3) is 0.143. The van der Waals surface area contributed by atoms with Crippen LogP contribution in [-0.2, 0) is 10.8 Å². The van der Waals surface area contributed by atoms with Crippen LogP contribution in [0, 0.1) is 0 Å². The summed E-state index contributed by atoms with van der Waals surface area (Å²) in [5, 5.41) is 9.00. The zero-order valence-corrected chi connectivity index (χ0v) is 8.08. The van der Waals surface area contributed by atoms with Gasteiger partial charge in [-0.2, -0.15) is 13.2 Å². The van der Waals surface area contributed by atoms with Crippen LogP contribution in [0.15, 0.2) is 23.1 Å². The largest absolute Gasteiger partial charge is 0.507 e. The molecular formula is C7H4ClF3O2S. The molecule has 0 aliphatic carbocycles. The average Bonchev–Trinajstić information content (AvgIpc) is 2.06. The van der Waals surface area contributed by atoms with Gasteiger partial charge in [0.15, 0.2) is 10.8 Å². The van der Waals surface area contributed by atoms with Gasteiger partial charge in [-0.3, -0.25) is 0 Å². The van der Waals surface area contributed by atoms with Gasteiger partial charge in [0.25, 0.3) is 0 Å². The maximum atomic E-state index is 12.0. The van der Waals surface area contributed by atoms with Crippen molar-refractivity contribution in [2.75, 3.05) is 0 Å². The maximum Gasteiger partial charge on any atom is 0.475 e. The molecule has 7 heteroatoms. The molecule has 0 aromatic heterocycles. The predicted octanol–water partition coefficient (Wildman–Crippen LogP) is 2.67. The molecule has 14 heavy (non-hydrogen) atoms. The molecule has 0 aliphatic rings. The van der Waals surface area contributed by atoms with Gasteiger partial charge in [0.2, 0.25) is 0 Å². The first-order valence-electron chi connectivity index (χ1n) is 3.29. The van der Waals surface area contributed by atoms with Crippen molar-refractivity contribution in [3.8, 4) is 5.75 Å². The van der Waals surface area contributed by atoms with Crippen molar-refractivity contribution in [1.82, 2.24) is 0 Å². The van der Waals surface area contributed by atoms with Crippen molar-refractivity contribution in [3.05, 3.63) is 23.2 Å². The van der Waals surface area contributed by atoms with Crippen molar-refractivity contribution in [3.63, 3.8) is 0 Å². The fourth-order valence-corrected chi connectivity index (χ4v) is 1.74. The lowest BCUT2D eigenvalue weighted by atomic mass is 10.3. The molecule has 1 unspecified atom stereocenters. The summed E-state index contributed by atoms with van der Waals surface area (Å²) in [5.41, 5.74) is -4.90. The lowest BCUT2D eigenvalue weighted by Crippen LogP contribution is -2.16. The molecule has 0 amide bonds. The molecule has 0 bridgehead atoms. The summed E-state index contributed by atoms with van der Waals surface area (Å²) in [5.74, 6) is -0.690. The number of phenols is 1. The summed E-state index contributed by atoms with van der Waals surface area (Å²) < 4.78 is 46.8. The fourth-order valence-electron chi connectivity index (χ4n) is 0.761. The Kier molecular flexibility index (Phi) is 3.06. The van der Waals surface area contributed by atoms with Crippen molar-refractivity contribution < 1.29 is 22.5 Å². The van der Waals surface area contributed by atoms with E-state index in [2.05, 4.69) is 0 Å². The minimum Gasteiger partial charge on any atom is -0.507 e. The topological polar surface area (TPSA) is 37.3 Å². The lowest BCUT2D eigenvalue weighted by Gasteiger charge is -2.07. The molecule has 0 radical (unpaired) electrons. The second-order valence-corrected chi connectivity index (χ2v) is 4.20. The third-order valence-electron chi connectivity index (χ3n) is 1.33. The third-order valence-corrected chi connectivity index (χ3v) is 2.71. The number of hydrogen-bond donors (Lipinski definition) is 1. The van der Waals surface area contributed by atoms with Gasteiger partial charge < -0.3 is 5.11 Å². The number of aromatic hydroxyl groups is 1. The molecule has 78 valence electrons. The standard InChI is InChI=1S/C7H4ClF3O2S/c8-4-1-2-5(12)6(3-4)14(13)7(9,10)11/h1-3,12H. The molecule has 0 aliphatic heterocycles. The SMILES string of the molecule is O=S(c1cc(Cl)ccc1O)C(F)(F)F. The normalized spacial score (nSPS) is 14.0. The smallest absolute Gasteiger partial charge is 0.475 e. The van der Waals surface area contributed by atoms with Crippen LogP contribution in [0.3, 0.4) is 0 Å². The summed E-state index contributed by atoms with van der Waals surface area (Å²) in [6.07, 6.45) is 0. The first kappa shape index (κ1) is 11.3. The van der Waals surface area contributed by atoms with E-state index in [1.54, 1.807) is 0 Å². The van der Waals surface area contributed by atoms with Crippen LogP contribution in [0.1, 0.15) is 0 Å². The summed E-state index contributed by atoms with van der Waals surface area (Å²) in [6.45, 7) is 0. The quantitative estimate of drug-likeness (QED) is 0.825. The molecule has 0 saturated heterocycles. The highest BCUT2D eigenvalue weighted by Gasteiger charge is 2.39. The Hall–Kier alpha value is -0.750. The van der Waals surface area contributed by atoms with Gasteiger partial charge in [-0.25, -0.2) is 4.21 Å². The molecular weight excluding hydrogens is 241 g/mol. The van der Waals surface area contributed by atoms with E-state index < -0.39 is 27.0 Å². The van der Waals surface area contributed by atoms with Crippen LogP contribution >= 0.6 is 11.6 Å². The second-order valence-electron chi connectivity index (χ2n) is 2.33. The first-order chi connectivity index (χ1) is 6.32. The Morgan fingerprint density at radius 1 is 1.36 bits per heavy atom. The van der Waals surface area contributed by atoms with E-state index in [0.29, 0.717) is 0 Å². The molecule has 0 fully saturated rings. The average molecular weight is 245 g/mol. The predicted molar refractivity (Wildman–Crippen MR) is 45.6 cm³/mol. The molecule has 2 nitrogen and oxygen atoms in total. The van der Waals surface area contributed by atoms with Gasteiger partial charge in [-0.1, -0.05) is 11.6 Å². The highest BCUT2D eigenvalue weighted by Crippen LogP contribution is 2.32. The van der Waals surface area contributed by atoms with Crippen molar-refractivity contribution in [1.29, 1.82) is 0 Å². The van der Waals surface area contributed by atoms with Crippen molar-refractivity contribution in [2.24, 2.45) is 0 Å².